The molecule has 1 fully saturated rings. The average Bonchev–Trinajstić information content (AvgIpc) is 2.89. The summed E-state index contributed by atoms with van der Waals surface area (Å²) in [4.78, 5) is 12.1. The highest BCUT2D eigenvalue weighted by Gasteiger charge is 2.30. The van der Waals surface area contributed by atoms with Crippen molar-refractivity contribution in [3.05, 3.63) is 65.2 Å². The first-order valence-electron chi connectivity index (χ1n) is 7.53. The van der Waals surface area contributed by atoms with E-state index in [1.807, 2.05) is 25.1 Å². The molecule has 2 aromatic rings. The maximum atomic E-state index is 12.1. The Morgan fingerprint density at radius 3 is 2.79 bits per heavy atom. The highest BCUT2D eigenvalue weighted by atomic mass is 32.2. The van der Waals surface area contributed by atoms with Gasteiger partial charge in [-0.25, -0.2) is 0 Å². The van der Waals surface area contributed by atoms with Crippen LogP contribution >= 0.6 is 11.8 Å². The zero-order valence-corrected chi connectivity index (χ0v) is 14.0. The number of aryl methyl sites for hydroxylation is 1. The molecule has 1 aliphatic rings. The summed E-state index contributed by atoms with van der Waals surface area (Å²) in [6.45, 7) is 2.04. The molecule has 1 aliphatic heterocycles. The number of phenols is 1. The molecule has 122 valence electrons. The van der Waals surface area contributed by atoms with Crippen LogP contribution in [0.25, 0.3) is 0 Å². The van der Waals surface area contributed by atoms with Crippen molar-refractivity contribution in [3.8, 4) is 5.75 Å². The third-order valence-corrected chi connectivity index (χ3v) is 4.60. The van der Waals surface area contributed by atoms with Crippen molar-refractivity contribution in [1.82, 2.24) is 5.32 Å². The topological polar surface area (TPSA) is 74.1 Å². The first-order valence-corrected chi connectivity index (χ1v) is 8.41. The fraction of sp³-hybridized carbons (Fsp3) is 0.167. The molecule has 0 bridgehead atoms. The molecule has 24 heavy (non-hydrogen) atoms. The monoisotopic (exact) mass is 339 g/mol. The number of benzene rings is 2. The van der Waals surface area contributed by atoms with Gasteiger partial charge in [-0.3, -0.25) is 4.79 Å². The summed E-state index contributed by atoms with van der Waals surface area (Å²) in [7, 11) is 0. The minimum Gasteiger partial charge on any atom is -0.508 e. The van der Waals surface area contributed by atoms with Crippen LogP contribution in [-0.2, 0) is 11.2 Å². The van der Waals surface area contributed by atoms with Gasteiger partial charge in [0, 0.05) is 0 Å². The van der Waals surface area contributed by atoms with Gasteiger partial charge in [-0.2, -0.15) is 5.10 Å². The normalized spacial score (nSPS) is 19.1. The number of rotatable bonds is 4. The van der Waals surface area contributed by atoms with E-state index in [1.54, 1.807) is 30.5 Å². The number of amides is 1. The maximum Gasteiger partial charge on any atom is 0.239 e. The second-order valence-electron chi connectivity index (χ2n) is 5.53. The van der Waals surface area contributed by atoms with Crippen molar-refractivity contribution in [3.63, 3.8) is 0 Å². The summed E-state index contributed by atoms with van der Waals surface area (Å²) in [5.74, 6) is 0.163. The van der Waals surface area contributed by atoms with E-state index in [0.717, 1.165) is 11.1 Å². The number of nitrogens with one attached hydrogen (secondary N) is 1. The van der Waals surface area contributed by atoms with Crippen LogP contribution in [-0.4, -0.2) is 27.6 Å². The van der Waals surface area contributed by atoms with Gasteiger partial charge in [0.15, 0.2) is 5.17 Å². The fourth-order valence-corrected chi connectivity index (χ4v) is 3.31. The molecule has 0 aromatic heterocycles. The molecule has 3 rings (SSSR count). The number of thioether (sulfide) groups is 1. The Morgan fingerprint density at radius 2 is 2.04 bits per heavy atom. The summed E-state index contributed by atoms with van der Waals surface area (Å²) in [5.41, 5.74) is 3.14. The number of hydrogen-bond donors (Lipinski definition) is 2. The van der Waals surface area contributed by atoms with E-state index >= 15 is 0 Å². The van der Waals surface area contributed by atoms with Crippen LogP contribution in [0.5, 0.6) is 5.75 Å². The van der Waals surface area contributed by atoms with Crippen molar-refractivity contribution in [2.24, 2.45) is 10.2 Å². The second kappa shape index (κ2) is 7.31. The molecular formula is C18H17N3O2S. The van der Waals surface area contributed by atoms with Gasteiger partial charge in [0.1, 0.15) is 5.75 Å². The van der Waals surface area contributed by atoms with Crippen molar-refractivity contribution in [2.75, 3.05) is 0 Å². The lowest BCUT2D eigenvalue weighted by atomic mass is 10.1. The van der Waals surface area contributed by atoms with Crippen LogP contribution in [0.3, 0.4) is 0 Å². The predicted octanol–water partition coefficient (Wildman–Crippen LogP) is 2.86. The molecule has 2 N–H and O–H groups in total. The molecule has 0 aliphatic carbocycles. The lowest BCUT2D eigenvalue weighted by Gasteiger charge is -2.05. The Balaban J connectivity index is 1.62. The molecule has 5 nitrogen and oxygen atoms in total. The van der Waals surface area contributed by atoms with E-state index in [0.29, 0.717) is 11.6 Å². The SMILES string of the molecule is Cc1cccc(C[C@H]2S/C(=N\N=C/c3ccc(O)cc3)NC2=O)c1. The first kappa shape index (κ1) is 16.3. The molecule has 1 saturated heterocycles. The second-order valence-corrected chi connectivity index (χ2v) is 6.72. The Labute approximate surface area is 144 Å². The molecular weight excluding hydrogens is 322 g/mol. The largest absolute Gasteiger partial charge is 0.508 e. The Hall–Kier alpha value is -2.60. The van der Waals surface area contributed by atoms with Crippen molar-refractivity contribution in [1.29, 1.82) is 0 Å². The van der Waals surface area contributed by atoms with E-state index in [4.69, 9.17) is 0 Å². The predicted molar refractivity (Wildman–Crippen MR) is 97.5 cm³/mol. The molecule has 1 amide bonds. The molecule has 6 heteroatoms. The first-order chi connectivity index (χ1) is 11.6. The Kier molecular flexibility index (Phi) is 4.96. The standard InChI is InChI=1S/C18H17N3O2S/c1-12-3-2-4-14(9-12)10-16-17(23)20-18(24-16)21-19-11-13-5-7-15(22)8-6-13/h2-9,11,16,22H,10H2,1H3,(H,20,21,23)/b19-11-/t16-/m1/s1. The van der Waals surface area contributed by atoms with E-state index in [2.05, 4.69) is 21.6 Å². The van der Waals surface area contributed by atoms with Crippen LogP contribution in [0.15, 0.2) is 58.7 Å². The van der Waals surface area contributed by atoms with E-state index in [-0.39, 0.29) is 16.9 Å². The quantitative estimate of drug-likeness (QED) is 0.664. The van der Waals surface area contributed by atoms with Crippen molar-refractivity contribution in [2.45, 2.75) is 18.6 Å². The summed E-state index contributed by atoms with van der Waals surface area (Å²) in [5, 5.41) is 20.3. The molecule has 2 aromatic carbocycles. The highest BCUT2D eigenvalue weighted by Crippen LogP contribution is 2.23. The van der Waals surface area contributed by atoms with Crippen LogP contribution in [0.1, 0.15) is 16.7 Å². The third kappa shape index (κ3) is 4.23. The highest BCUT2D eigenvalue weighted by molar-refractivity contribution is 8.15. The lowest BCUT2D eigenvalue weighted by Crippen LogP contribution is -2.25. The minimum absolute atomic E-state index is 0.0416. The van der Waals surface area contributed by atoms with Crippen LogP contribution in [0.4, 0.5) is 0 Å². The zero-order valence-electron chi connectivity index (χ0n) is 13.1. The molecule has 0 spiro atoms. The number of carbonyl (C=O) groups excluding carboxylic acids is 1. The number of aromatic hydroxyl groups is 1. The Bertz CT molecular complexity index is 800. The van der Waals surface area contributed by atoms with Crippen LogP contribution in [0, 0.1) is 6.92 Å². The average molecular weight is 339 g/mol. The number of hydrogen-bond acceptors (Lipinski definition) is 5. The molecule has 0 radical (unpaired) electrons. The van der Waals surface area contributed by atoms with E-state index < -0.39 is 0 Å². The molecule has 0 unspecified atom stereocenters. The summed E-state index contributed by atoms with van der Waals surface area (Å²) >= 11 is 1.39. The van der Waals surface area contributed by atoms with Crippen molar-refractivity contribution < 1.29 is 9.90 Å². The maximum absolute atomic E-state index is 12.1. The zero-order chi connectivity index (χ0) is 16.9. The van der Waals surface area contributed by atoms with Gasteiger partial charge in [0.25, 0.3) is 0 Å². The van der Waals surface area contributed by atoms with Gasteiger partial charge in [-0.05, 0) is 48.7 Å². The molecule has 1 atom stereocenters. The summed E-state index contributed by atoms with van der Waals surface area (Å²) in [6, 6.07) is 14.8. The molecule has 1 heterocycles. The lowest BCUT2D eigenvalue weighted by molar-refractivity contribution is -0.118. The van der Waals surface area contributed by atoms with Crippen LogP contribution < -0.4 is 5.32 Å². The van der Waals surface area contributed by atoms with Gasteiger partial charge in [0.2, 0.25) is 5.91 Å². The fourth-order valence-electron chi connectivity index (χ4n) is 2.35. The third-order valence-electron chi connectivity index (χ3n) is 3.53. The number of carbonyl (C=O) groups is 1. The van der Waals surface area contributed by atoms with Gasteiger partial charge in [0.05, 0.1) is 11.5 Å². The van der Waals surface area contributed by atoms with Gasteiger partial charge >= 0.3 is 0 Å². The minimum atomic E-state index is -0.186. The Morgan fingerprint density at radius 1 is 1.25 bits per heavy atom. The summed E-state index contributed by atoms with van der Waals surface area (Å²) in [6.07, 6.45) is 2.24. The van der Waals surface area contributed by atoms with Crippen molar-refractivity contribution >= 4 is 29.1 Å². The smallest absolute Gasteiger partial charge is 0.239 e. The number of phenolic OH excluding ortho intramolecular Hbond substituents is 1. The van der Waals surface area contributed by atoms with Gasteiger partial charge in [-0.15, -0.1) is 5.10 Å². The molecule has 0 saturated carbocycles. The van der Waals surface area contributed by atoms with Crippen LogP contribution in [0.2, 0.25) is 0 Å². The van der Waals surface area contributed by atoms with Gasteiger partial charge in [-0.1, -0.05) is 41.6 Å². The van der Waals surface area contributed by atoms with E-state index in [9.17, 15) is 9.90 Å². The number of nitrogens with zero attached hydrogens (tertiary/aromatic N) is 2. The van der Waals surface area contributed by atoms with Gasteiger partial charge < -0.3 is 10.4 Å². The van der Waals surface area contributed by atoms with E-state index in [1.165, 1.54) is 17.3 Å². The number of amidine groups is 1. The summed E-state index contributed by atoms with van der Waals surface area (Å²) < 4.78 is 0.